The minimum atomic E-state index is -0.416. The van der Waals surface area contributed by atoms with Gasteiger partial charge in [0.1, 0.15) is 5.82 Å². The van der Waals surface area contributed by atoms with Gasteiger partial charge in [0.25, 0.3) is 5.91 Å². The van der Waals surface area contributed by atoms with Gasteiger partial charge in [-0.2, -0.15) is 0 Å². The van der Waals surface area contributed by atoms with Gasteiger partial charge in [-0.15, -0.1) is 0 Å². The molecule has 2 N–H and O–H groups in total. The Kier molecular flexibility index (Phi) is 4.76. The fourth-order valence-electron chi connectivity index (χ4n) is 2.22. The summed E-state index contributed by atoms with van der Waals surface area (Å²) in [6.07, 6.45) is 2.85. The van der Waals surface area contributed by atoms with Crippen molar-refractivity contribution in [3.05, 3.63) is 22.3 Å². The van der Waals surface area contributed by atoms with E-state index in [4.69, 9.17) is 0 Å². The van der Waals surface area contributed by atoms with Gasteiger partial charge < -0.3 is 15.3 Å². The minimum Gasteiger partial charge on any atom is -0.391 e. The first-order valence-corrected chi connectivity index (χ1v) is 7.28. The fourth-order valence-corrected chi connectivity index (χ4v) is 2.55. The molecule has 0 radical (unpaired) electrons. The Morgan fingerprint density at radius 3 is 3.16 bits per heavy atom. The van der Waals surface area contributed by atoms with Crippen molar-refractivity contribution in [2.45, 2.75) is 25.9 Å². The maximum absolute atomic E-state index is 12.5. The van der Waals surface area contributed by atoms with Crippen LogP contribution in [0.4, 0.5) is 5.82 Å². The van der Waals surface area contributed by atoms with Crippen molar-refractivity contribution in [1.29, 1.82) is 0 Å². The number of anilines is 1. The van der Waals surface area contributed by atoms with Gasteiger partial charge in [0, 0.05) is 30.3 Å². The van der Waals surface area contributed by atoms with E-state index in [0.29, 0.717) is 31.0 Å². The number of aliphatic hydroxyl groups excluding tert-OH is 1. The number of likely N-dealkylation sites (tertiary alicyclic amines) is 1. The molecular weight excluding hydrogens is 310 g/mol. The van der Waals surface area contributed by atoms with Gasteiger partial charge in [-0.05, 0) is 41.8 Å². The van der Waals surface area contributed by atoms with Gasteiger partial charge in [0.2, 0.25) is 0 Å². The molecule has 1 amide bonds. The molecule has 0 spiro atoms. The molecule has 1 aromatic heterocycles. The van der Waals surface area contributed by atoms with Crippen LogP contribution in [0.25, 0.3) is 0 Å². The van der Waals surface area contributed by atoms with Crippen LogP contribution in [0.5, 0.6) is 0 Å². The minimum absolute atomic E-state index is 0.0801. The number of aliphatic hydroxyl groups is 1. The molecule has 1 fully saturated rings. The maximum atomic E-state index is 12.5. The van der Waals surface area contributed by atoms with Gasteiger partial charge in [-0.3, -0.25) is 4.79 Å². The molecule has 1 atom stereocenters. The molecule has 0 aromatic carbocycles. The first-order valence-electron chi connectivity index (χ1n) is 6.48. The molecule has 0 aliphatic carbocycles. The molecule has 1 unspecified atom stereocenters. The van der Waals surface area contributed by atoms with Crippen LogP contribution in [0.3, 0.4) is 0 Å². The third-order valence-corrected chi connectivity index (χ3v) is 3.55. The largest absolute Gasteiger partial charge is 0.391 e. The number of nitrogens with zero attached hydrogens (tertiary/aromatic N) is 2. The van der Waals surface area contributed by atoms with Crippen molar-refractivity contribution in [2.75, 3.05) is 25.0 Å². The second-order valence-corrected chi connectivity index (χ2v) is 5.54. The fraction of sp³-hybridized carbons (Fsp3) is 0.538. The summed E-state index contributed by atoms with van der Waals surface area (Å²) < 4.78 is 0.773. The summed E-state index contributed by atoms with van der Waals surface area (Å²) in [6, 6.07) is 1.77. The zero-order valence-corrected chi connectivity index (χ0v) is 12.5. The summed E-state index contributed by atoms with van der Waals surface area (Å²) in [5.74, 6) is 0.513. The number of nitrogens with one attached hydrogen (secondary N) is 1. The van der Waals surface area contributed by atoms with Crippen LogP contribution in [0.1, 0.15) is 30.1 Å². The molecule has 5 nitrogen and oxygen atoms in total. The van der Waals surface area contributed by atoms with E-state index in [1.54, 1.807) is 17.2 Å². The van der Waals surface area contributed by atoms with Crippen molar-refractivity contribution in [1.82, 2.24) is 9.88 Å². The Morgan fingerprint density at radius 1 is 1.68 bits per heavy atom. The Labute approximate surface area is 121 Å². The van der Waals surface area contributed by atoms with Crippen LogP contribution in [-0.2, 0) is 0 Å². The third-order valence-electron chi connectivity index (χ3n) is 3.11. The molecule has 6 heteroatoms. The van der Waals surface area contributed by atoms with E-state index in [0.717, 1.165) is 17.3 Å². The Morgan fingerprint density at radius 2 is 2.47 bits per heavy atom. The molecule has 2 heterocycles. The van der Waals surface area contributed by atoms with Crippen LogP contribution < -0.4 is 5.32 Å². The lowest BCUT2D eigenvalue weighted by atomic mass is 10.1. The molecule has 0 bridgehead atoms. The first kappa shape index (κ1) is 14.3. The van der Waals surface area contributed by atoms with Crippen LogP contribution in [0, 0.1) is 0 Å². The smallest absolute Gasteiger partial charge is 0.257 e. The van der Waals surface area contributed by atoms with E-state index >= 15 is 0 Å². The van der Waals surface area contributed by atoms with Crippen LogP contribution in [0.15, 0.2) is 16.7 Å². The molecule has 1 aliphatic heterocycles. The highest BCUT2D eigenvalue weighted by Crippen LogP contribution is 2.21. The number of pyridine rings is 1. The molecule has 1 aliphatic rings. The van der Waals surface area contributed by atoms with Gasteiger partial charge in [0.15, 0.2) is 0 Å². The van der Waals surface area contributed by atoms with Crippen LogP contribution >= 0.6 is 15.9 Å². The van der Waals surface area contributed by atoms with Gasteiger partial charge in [-0.1, -0.05) is 0 Å². The average Bonchev–Trinajstić information content (AvgIpc) is 2.40. The van der Waals surface area contributed by atoms with Crippen molar-refractivity contribution in [2.24, 2.45) is 0 Å². The lowest BCUT2D eigenvalue weighted by Crippen LogP contribution is -2.42. The molecular formula is C13H18BrN3O2. The second kappa shape index (κ2) is 6.34. The highest BCUT2D eigenvalue weighted by atomic mass is 79.9. The van der Waals surface area contributed by atoms with E-state index in [1.807, 2.05) is 6.92 Å². The SMILES string of the molecule is CCNc1ncc(Br)cc1C(=O)N1CCCC(O)C1. The summed E-state index contributed by atoms with van der Waals surface area (Å²) in [5, 5.41) is 12.8. The molecule has 2 rings (SSSR count). The highest BCUT2D eigenvalue weighted by molar-refractivity contribution is 9.10. The number of hydrogen-bond donors (Lipinski definition) is 2. The summed E-state index contributed by atoms with van der Waals surface area (Å²) in [6.45, 7) is 3.76. The number of β-amino-alcohol motifs (C(OH)–C–C–N with tert-alkyl or cyclic N) is 1. The predicted molar refractivity (Wildman–Crippen MR) is 77.2 cm³/mol. The van der Waals surface area contributed by atoms with Crippen molar-refractivity contribution in [3.63, 3.8) is 0 Å². The molecule has 104 valence electrons. The molecule has 1 aromatic rings. The zero-order chi connectivity index (χ0) is 13.8. The molecule has 19 heavy (non-hydrogen) atoms. The lowest BCUT2D eigenvalue weighted by Gasteiger charge is -2.30. The van der Waals surface area contributed by atoms with Crippen molar-refractivity contribution in [3.8, 4) is 0 Å². The molecule has 0 saturated carbocycles. The Bertz CT molecular complexity index is 467. The lowest BCUT2D eigenvalue weighted by molar-refractivity contribution is 0.0474. The van der Waals surface area contributed by atoms with E-state index in [9.17, 15) is 9.90 Å². The number of aromatic nitrogens is 1. The van der Waals surface area contributed by atoms with E-state index in [-0.39, 0.29) is 5.91 Å². The number of hydrogen-bond acceptors (Lipinski definition) is 4. The first-order chi connectivity index (χ1) is 9.11. The van der Waals surface area contributed by atoms with Gasteiger partial charge in [0.05, 0.1) is 11.7 Å². The van der Waals surface area contributed by atoms with Gasteiger partial charge >= 0.3 is 0 Å². The number of halogens is 1. The summed E-state index contributed by atoms with van der Waals surface area (Å²) in [7, 11) is 0. The van der Waals surface area contributed by atoms with E-state index in [2.05, 4.69) is 26.2 Å². The Balaban J connectivity index is 2.24. The van der Waals surface area contributed by atoms with E-state index < -0.39 is 6.10 Å². The third kappa shape index (κ3) is 3.45. The number of piperidine rings is 1. The number of carbonyl (C=O) groups excluding carboxylic acids is 1. The van der Waals surface area contributed by atoms with Crippen LogP contribution in [0.2, 0.25) is 0 Å². The summed E-state index contributed by atoms with van der Waals surface area (Å²) in [4.78, 5) is 18.4. The van der Waals surface area contributed by atoms with E-state index in [1.165, 1.54) is 0 Å². The normalized spacial score (nSPS) is 19.3. The summed E-state index contributed by atoms with van der Waals surface area (Å²) in [5.41, 5.74) is 0.547. The second-order valence-electron chi connectivity index (χ2n) is 4.63. The number of amides is 1. The van der Waals surface area contributed by atoms with Crippen molar-refractivity contribution < 1.29 is 9.90 Å². The van der Waals surface area contributed by atoms with Crippen molar-refractivity contribution >= 4 is 27.7 Å². The predicted octanol–water partition coefficient (Wildman–Crippen LogP) is 1.87. The van der Waals surface area contributed by atoms with Crippen LogP contribution in [-0.4, -0.2) is 46.6 Å². The standard InChI is InChI=1S/C13H18BrN3O2/c1-2-15-12-11(6-9(14)7-16-12)13(19)17-5-3-4-10(18)8-17/h6-7,10,18H,2-5,8H2,1H3,(H,15,16). The number of carbonyl (C=O) groups is 1. The topological polar surface area (TPSA) is 65.5 Å². The monoisotopic (exact) mass is 327 g/mol. The highest BCUT2D eigenvalue weighted by Gasteiger charge is 2.25. The average molecular weight is 328 g/mol. The quantitative estimate of drug-likeness (QED) is 0.889. The number of rotatable bonds is 3. The summed E-state index contributed by atoms with van der Waals surface area (Å²) >= 11 is 3.34. The zero-order valence-electron chi connectivity index (χ0n) is 10.9. The maximum Gasteiger partial charge on any atom is 0.257 e. The molecule has 1 saturated heterocycles. The Hall–Kier alpha value is -1.14. The van der Waals surface area contributed by atoms with Gasteiger partial charge in [-0.25, -0.2) is 4.98 Å².